The highest BCUT2D eigenvalue weighted by atomic mass is 79.9. The number of likely N-dealkylation sites (tertiary alicyclic amines) is 1. The monoisotopic (exact) mass is 432 g/mol. The van der Waals surface area contributed by atoms with E-state index in [0.717, 1.165) is 11.7 Å². The molecule has 0 bridgehead atoms. The van der Waals surface area contributed by atoms with Crippen molar-refractivity contribution in [2.75, 3.05) is 13.1 Å². The second-order valence-corrected chi connectivity index (χ2v) is 6.97. The van der Waals surface area contributed by atoms with Gasteiger partial charge >= 0.3 is 11.9 Å². The maximum Gasteiger partial charge on any atom is 0.451 e. The minimum atomic E-state index is -4.69. The Hall–Kier alpha value is -2.10. The molecule has 2 aromatic rings. The Morgan fingerprint density at radius 3 is 2.38 bits per heavy atom. The second kappa shape index (κ2) is 6.90. The lowest BCUT2D eigenvalue weighted by Gasteiger charge is -2.31. The van der Waals surface area contributed by atoms with Crippen LogP contribution in [0.1, 0.15) is 35.1 Å². The van der Waals surface area contributed by atoms with Crippen molar-refractivity contribution in [2.24, 2.45) is 7.05 Å². The fourth-order valence-electron chi connectivity index (χ4n) is 3.06. The Labute approximate surface area is 155 Å². The largest absolute Gasteiger partial charge is 0.451 e. The highest BCUT2D eigenvalue weighted by molar-refractivity contribution is 9.10. The van der Waals surface area contributed by atoms with Crippen LogP contribution in [0.5, 0.6) is 0 Å². The van der Waals surface area contributed by atoms with Gasteiger partial charge in [0.25, 0.3) is 5.91 Å². The normalized spacial score (nSPS) is 16.1. The Bertz CT molecular complexity index is 882. The van der Waals surface area contributed by atoms with Gasteiger partial charge < -0.3 is 4.90 Å². The first-order chi connectivity index (χ1) is 12.2. The molecule has 0 aliphatic carbocycles. The van der Waals surface area contributed by atoms with Gasteiger partial charge in [0.05, 0.1) is 11.6 Å². The zero-order valence-electron chi connectivity index (χ0n) is 13.8. The quantitative estimate of drug-likeness (QED) is 0.732. The van der Waals surface area contributed by atoms with Crippen molar-refractivity contribution in [1.29, 1.82) is 0 Å². The van der Waals surface area contributed by atoms with E-state index in [-0.39, 0.29) is 5.91 Å². The van der Waals surface area contributed by atoms with Crippen LogP contribution in [0.3, 0.4) is 0 Å². The van der Waals surface area contributed by atoms with Crippen LogP contribution in [-0.4, -0.2) is 38.2 Å². The van der Waals surface area contributed by atoms with E-state index in [2.05, 4.69) is 21.0 Å². The van der Waals surface area contributed by atoms with Gasteiger partial charge in [0.15, 0.2) is 0 Å². The lowest BCUT2D eigenvalue weighted by Crippen LogP contribution is -2.41. The van der Waals surface area contributed by atoms with Crippen molar-refractivity contribution in [3.05, 3.63) is 50.6 Å². The average molecular weight is 433 g/mol. The van der Waals surface area contributed by atoms with E-state index in [0.29, 0.717) is 40.5 Å². The lowest BCUT2D eigenvalue weighted by molar-refractivity contribution is -0.147. The zero-order chi connectivity index (χ0) is 19.1. The minimum Gasteiger partial charge on any atom is -0.338 e. The van der Waals surface area contributed by atoms with Gasteiger partial charge in [-0.3, -0.25) is 9.36 Å². The lowest BCUT2D eigenvalue weighted by atomic mass is 10.0. The first kappa shape index (κ1) is 18.7. The van der Waals surface area contributed by atoms with Crippen molar-refractivity contribution in [1.82, 2.24) is 19.2 Å². The number of carbonyl (C=O) groups is 1. The van der Waals surface area contributed by atoms with Gasteiger partial charge in [-0.2, -0.15) is 13.2 Å². The van der Waals surface area contributed by atoms with E-state index in [4.69, 9.17) is 0 Å². The Balaban J connectivity index is 1.75. The van der Waals surface area contributed by atoms with E-state index in [9.17, 15) is 22.8 Å². The van der Waals surface area contributed by atoms with Crippen molar-refractivity contribution >= 4 is 21.8 Å². The van der Waals surface area contributed by atoms with Gasteiger partial charge in [-0.25, -0.2) is 9.48 Å². The van der Waals surface area contributed by atoms with Gasteiger partial charge in [0.1, 0.15) is 0 Å². The smallest absolute Gasteiger partial charge is 0.338 e. The van der Waals surface area contributed by atoms with Gasteiger partial charge in [0.2, 0.25) is 5.82 Å². The van der Waals surface area contributed by atoms with E-state index < -0.39 is 23.7 Å². The van der Waals surface area contributed by atoms with Gasteiger partial charge in [-0.1, -0.05) is 12.1 Å². The van der Waals surface area contributed by atoms with Crippen molar-refractivity contribution in [2.45, 2.75) is 25.1 Å². The molecule has 1 aromatic heterocycles. The van der Waals surface area contributed by atoms with Crippen LogP contribution < -0.4 is 5.69 Å². The first-order valence-electron chi connectivity index (χ1n) is 7.96. The fraction of sp³-hybridized carbons (Fsp3) is 0.438. The van der Waals surface area contributed by atoms with Gasteiger partial charge in [-0.15, -0.1) is 5.10 Å². The Morgan fingerprint density at radius 1 is 1.23 bits per heavy atom. The molecule has 0 spiro atoms. The molecule has 1 fully saturated rings. The molecule has 3 rings (SSSR count). The maximum atomic E-state index is 12.9. The number of hydrogen-bond acceptors (Lipinski definition) is 3. The SMILES string of the molecule is Cn1c(C(F)(F)F)nn(C2CCN(C(=O)c3ccccc3Br)CC2)c1=O. The van der Waals surface area contributed by atoms with Crippen LogP contribution in [0, 0.1) is 0 Å². The fourth-order valence-corrected chi connectivity index (χ4v) is 3.51. The van der Waals surface area contributed by atoms with E-state index in [1.165, 1.54) is 0 Å². The molecule has 0 saturated carbocycles. The summed E-state index contributed by atoms with van der Waals surface area (Å²) in [6, 6.07) is 6.58. The number of nitrogens with zero attached hydrogens (tertiary/aromatic N) is 4. The van der Waals surface area contributed by atoms with E-state index in [1.807, 2.05) is 0 Å². The van der Waals surface area contributed by atoms with Crippen LogP contribution in [0.4, 0.5) is 13.2 Å². The van der Waals surface area contributed by atoms with Crippen molar-refractivity contribution in [3.8, 4) is 0 Å². The zero-order valence-corrected chi connectivity index (χ0v) is 15.4. The molecular weight excluding hydrogens is 417 g/mol. The standard InChI is InChI=1S/C16H16BrF3N4O2/c1-22-14(16(18,19)20)21-24(15(22)26)10-6-8-23(9-7-10)13(25)11-4-2-3-5-12(11)17/h2-5,10H,6-9H2,1H3. The topological polar surface area (TPSA) is 60.1 Å². The summed E-state index contributed by atoms with van der Waals surface area (Å²) in [6.45, 7) is 0.685. The summed E-state index contributed by atoms with van der Waals surface area (Å²) in [7, 11) is 1.06. The predicted molar refractivity (Wildman–Crippen MR) is 90.8 cm³/mol. The summed E-state index contributed by atoms with van der Waals surface area (Å²) in [5.74, 6) is -1.37. The number of rotatable bonds is 2. The van der Waals surface area contributed by atoms with Crippen molar-refractivity contribution < 1.29 is 18.0 Å². The second-order valence-electron chi connectivity index (χ2n) is 6.11. The molecule has 0 atom stereocenters. The molecule has 1 saturated heterocycles. The number of piperidine rings is 1. The van der Waals surface area contributed by atoms with Crippen LogP contribution in [0.15, 0.2) is 33.5 Å². The molecule has 1 aliphatic heterocycles. The number of amides is 1. The summed E-state index contributed by atoms with van der Waals surface area (Å²) in [4.78, 5) is 26.3. The summed E-state index contributed by atoms with van der Waals surface area (Å²) in [6.07, 6.45) is -3.95. The third kappa shape index (κ3) is 3.42. The third-order valence-corrected chi connectivity index (χ3v) is 5.15. The number of halogens is 4. The number of benzene rings is 1. The molecule has 1 amide bonds. The van der Waals surface area contributed by atoms with Crippen LogP contribution in [0.2, 0.25) is 0 Å². The number of carbonyl (C=O) groups excluding carboxylic acids is 1. The van der Waals surface area contributed by atoms with E-state index in [1.54, 1.807) is 29.2 Å². The summed E-state index contributed by atoms with van der Waals surface area (Å²) < 4.78 is 40.8. The third-order valence-electron chi connectivity index (χ3n) is 4.46. The first-order valence-corrected chi connectivity index (χ1v) is 8.76. The number of aromatic nitrogens is 3. The summed E-state index contributed by atoms with van der Waals surface area (Å²) in [5.41, 5.74) is -0.270. The van der Waals surface area contributed by atoms with Gasteiger partial charge in [0, 0.05) is 24.6 Å². The average Bonchev–Trinajstić information content (AvgIpc) is 2.90. The molecule has 10 heteroatoms. The van der Waals surface area contributed by atoms with E-state index >= 15 is 0 Å². The Morgan fingerprint density at radius 2 is 1.85 bits per heavy atom. The Kier molecular flexibility index (Phi) is 4.96. The summed E-state index contributed by atoms with van der Waals surface area (Å²) >= 11 is 3.34. The summed E-state index contributed by atoms with van der Waals surface area (Å²) in [5, 5.41) is 3.48. The molecule has 0 N–H and O–H groups in total. The molecular formula is C16H16BrF3N4O2. The highest BCUT2D eigenvalue weighted by Crippen LogP contribution is 2.28. The molecule has 1 aliphatic rings. The molecule has 1 aromatic carbocycles. The van der Waals surface area contributed by atoms with Crippen molar-refractivity contribution in [3.63, 3.8) is 0 Å². The van der Waals surface area contributed by atoms with Crippen LogP contribution >= 0.6 is 15.9 Å². The van der Waals surface area contributed by atoms with Crippen LogP contribution in [-0.2, 0) is 13.2 Å². The molecule has 26 heavy (non-hydrogen) atoms. The number of hydrogen-bond donors (Lipinski definition) is 0. The molecule has 0 unspecified atom stereocenters. The van der Waals surface area contributed by atoms with Crippen LogP contribution in [0.25, 0.3) is 0 Å². The molecule has 140 valence electrons. The minimum absolute atomic E-state index is 0.153. The molecule has 2 heterocycles. The highest BCUT2D eigenvalue weighted by Gasteiger charge is 2.39. The maximum absolute atomic E-state index is 12.9. The number of alkyl halides is 3. The van der Waals surface area contributed by atoms with Gasteiger partial charge in [-0.05, 0) is 40.9 Å². The molecule has 0 radical (unpaired) electrons. The molecule has 6 nitrogen and oxygen atoms in total. The predicted octanol–water partition coefficient (Wildman–Crippen LogP) is 2.84.